The van der Waals surface area contributed by atoms with Crippen LogP contribution in [0.3, 0.4) is 0 Å². The zero-order chi connectivity index (χ0) is 25.6. The lowest BCUT2D eigenvalue weighted by atomic mass is 9.97. The number of methoxy groups -OCH3 is 3. The summed E-state index contributed by atoms with van der Waals surface area (Å²) in [5, 5.41) is 2.77. The molecule has 2 aromatic carbocycles. The molecule has 0 aromatic heterocycles. The van der Waals surface area contributed by atoms with Gasteiger partial charge in [-0.05, 0) is 44.0 Å². The van der Waals surface area contributed by atoms with E-state index in [0.29, 0.717) is 36.7 Å². The summed E-state index contributed by atoms with van der Waals surface area (Å²) < 4.78 is 48.1. The third-order valence-electron chi connectivity index (χ3n) is 5.78. The standard InChI is InChI=1S/C24H30N2O8S/c1-5-34-17-6-8-18(9-7-17)35(29,30)26-12-10-16(11-13-26)23(27)25-20-15-22(32-3)21(31-2)14-19(20)24(28)33-4/h6-9,14-16H,5,10-13H2,1-4H3,(H,25,27). The Kier molecular flexibility index (Phi) is 8.57. The van der Waals surface area contributed by atoms with Gasteiger partial charge in [0.05, 0.1) is 44.1 Å². The molecule has 0 unspecified atom stereocenters. The van der Waals surface area contributed by atoms with Crippen molar-refractivity contribution in [1.82, 2.24) is 4.31 Å². The van der Waals surface area contributed by atoms with Crippen LogP contribution in [0.5, 0.6) is 17.2 Å². The van der Waals surface area contributed by atoms with E-state index >= 15 is 0 Å². The highest BCUT2D eigenvalue weighted by molar-refractivity contribution is 7.89. The van der Waals surface area contributed by atoms with E-state index in [-0.39, 0.29) is 35.1 Å². The molecule has 1 fully saturated rings. The average Bonchev–Trinajstić information content (AvgIpc) is 2.88. The van der Waals surface area contributed by atoms with Gasteiger partial charge in [0.1, 0.15) is 5.75 Å². The van der Waals surface area contributed by atoms with E-state index in [0.717, 1.165) is 0 Å². The molecule has 1 aliphatic rings. The first-order chi connectivity index (χ1) is 16.7. The van der Waals surface area contributed by atoms with E-state index < -0.39 is 21.9 Å². The first kappa shape index (κ1) is 26.3. The van der Waals surface area contributed by atoms with Gasteiger partial charge in [-0.25, -0.2) is 13.2 Å². The average molecular weight is 507 g/mol. The predicted molar refractivity (Wildman–Crippen MR) is 129 cm³/mol. The molecule has 0 bridgehead atoms. The van der Waals surface area contributed by atoms with Crippen LogP contribution >= 0.6 is 0 Å². The molecule has 0 radical (unpaired) electrons. The predicted octanol–water partition coefficient (Wildman–Crippen LogP) is 2.93. The number of sulfonamides is 1. The lowest BCUT2D eigenvalue weighted by Crippen LogP contribution is -2.41. The number of esters is 1. The molecular formula is C24H30N2O8S. The minimum atomic E-state index is -3.69. The van der Waals surface area contributed by atoms with Crippen LogP contribution < -0.4 is 19.5 Å². The fourth-order valence-electron chi connectivity index (χ4n) is 3.88. The Morgan fingerprint density at radius 3 is 2.14 bits per heavy atom. The molecule has 10 nitrogen and oxygen atoms in total. The SMILES string of the molecule is CCOc1ccc(S(=O)(=O)N2CCC(C(=O)Nc3cc(OC)c(OC)cc3C(=O)OC)CC2)cc1. The molecule has 35 heavy (non-hydrogen) atoms. The number of ether oxygens (including phenoxy) is 4. The number of rotatable bonds is 9. The molecule has 1 aliphatic heterocycles. The number of carbonyl (C=O) groups excluding carboxylic acids is 2. The molecule has 190 valence electrons. The Morgan fingerprint density at radius 1 is 1.00 bits per heavy atom. The monoisotopic (exact) mass is 506 g/mol. The summed E-state index contributed by atoms with van der Waals surface area (Å²) in [5.74, 6) is -0.132. The summed E-state index contributed by atoms with van der Waals surface area (Å²) in [7, 11) is 0.439. The maximum Gasteiger partial charge on any atom is 0.340 e. The highest BCUT2D eigenvalue weighted by Gasteiger charge is 2.32. The summed E-state index contributed by atoms with van der Waals surface area (Å²) in [6.45, 7) is 2.74. The van der Waals surface area contributed by atoms with Crippen molar-refractivity contribution in [1.29, 1.82) is 0 Å². The number of piperidine rings is 1. The van der Waals surface area contributed by atoms with Crippen molar-refractivity contribution in [3.63, 3.8) is 0 Å². The second-order valence-corrected chi connectivity index (χ2v) is 9.75. The van der Waals surface area contributed by atoms with Crippen molar-refractivity contribution < 1.29 is 37.0 Å². The normalized spacial score (nSPS) is 14.7. The van der Waals surface area contributed by atoms with Gasteiger partial charge in [-0.1, -0.05) is 0 Å². The van der Waals surface area contributed by atoms with Gasteiger partial charge < -0.3 is 24.3 Å². The van der Waals surface area contributed by atoms with Crippen molar-refractivity contribution >= 4 is 27.6 Å². The molecule has 1 N–H and O–H groups in total. The number of amides is 1. The molecule has 2 aromatic rings. The third kappa shape index (κ3) is 5.85. The van der Waals surface area contributed by atoms with Gasteiger partial charge in [0.15, 0.2) is 11.5 Å². The van der Waals surface area contributed by atoms with E-state index in [1.165, 1.54) is 49.9 Å². The molecule has 0 spiro atoms. The van der Waals surface area contributed by atoms with E-state index in [1.807, 2.05) is 6.92 Å². The summed E-state index contributed by atoms with van der Waals surface area (Å²) in [4.78, 5) is 25.4. The van der Waals surface area contributed by atoms with Gasteiger partial charge in [-0.2, -0.15) is 4.31 Å². The van der Waals surface area contributed by atoms with Gasteiger partial charge in [0.25, 0.3) is 0 Å². The topological polar surface area (TPSA) is 120 Å². The van der Waals surface area contributed by atoms with Crippen molar-refractivity contribution in [2.45, 2.75) is 24.7 Å². The highest BCUT2D eigenvalue weighted by Crippen LogP contribution is 2.34. The summed E-state index contributed by atoms with van der Waals surface area (Å²) in [6.07, 6.45) is 0.672. The Labute approximate surface area is 205 Å². The number of hydrogen-bond acceptors (Lipinski definition) is 8. The molecule has 1 saturated heterocycles. The first-order valence-electron chi connectivity index (χ1n) is 11.1. The molecule has 1 heterocycles. The molecule has 1 amide bonds. The molecule has 0 atom stereocenters. The summed E-state index contributed by atoms with van der Waals surface area (Å²) in [6, 6.07) is 9.22. The summed E-state index contributed by atoms with van der Waals surface area (Å²) >= 11 is 0. The zero-order valence-corrected chi connectivity index (χ0v) is 21.0. The van der Waals surface area contributed by atoms with Crippen molar-refractivity contribution in [2.24, 2.45) is 5.92 Å². The van der Waals surface area contributed by atoms with E-state index in [4.69, 9.17) is 18.9 Å². The largest absolute Gasteiger partial charge is 0.494 e. The minimum absolute atomic E-state index is 0.119. The van der Waals surface area contributed by atoms with Crippen LogP contribution in [0.4, 0.5) is 5.69 Å². The quantitative estimate of drug-likeness (QED) is 0.516. The van der Waals surface area contributed by atoms with Gasteiger partial charge in [0.2, 0.25) is 15.9 Å². The van der Waals surface area contributed by atoms with Crippen LogP contribution in [0, 0.1) is 5.92 Å². The Balaban J connectivity index is 1.70. The lowest BCUT2D eigenvalue weighted by Gasteiger charge is -2.30. The van der Waals surface area contributed by atoms with Gasteiger partial charge in [0, 0.05) is 31.1 Å². The maximum absolute atomic E-state index is 13.0. The number of carbonyl (C=O) groups is 2. The van der Waals surface area contributed by atoms with Crippen LogP contribution in [0.1, 0.15) is 30.1 Å². The molecule has 0 saturated carbocycles. The number of anilines is 1. The Hall–Kier alpha value is -3.31. The lowest BCUT2D eigenvalue weighted by molar-refractivity contribution is -0.120. The van der Waals surface area contributed by atoms with Crippen LogP contribution in [0.15, 0.2) is 41.3 Å². The smallest absolute Gasteiger partial charge is 0.340 e. The fraction of sp³-hybridized carbons (Fsp3) is 0.417. The number of nitrogens with one attached hydrogen (secondary N) is 1. The fourth-order valence-corrected chi connectivity index (χ4v) is 5.35. The number of hydrogen-bond donors (Lipinski definition) is 1. The van der Waals surface area contributed by atoms with E-state index in [2.05, 4.69) is 5.32 Å². The zero-order valence-electron chi connectivity index (χ0n) is 20.2. The van der Waals surface area contributed by atoms with Crippen LogP contribution in [0.2, 0.25) is 0 Å². The van der Waals surface area contributed by atoms with Crippen molar-refractivity contribution in [2.75, 3.05) is 46.3 Å². The number of benzene rings is 2. The Bertz CT molecular complexity index is 1160. The summed E-state index contributed by atoms with van der Waals surface area (Å²) in [5.41, 5.74) is 0.345. The van der Waals surface area contributed by atoms with Crippen LogP contribution in [-0.2, 0) is 19.6 Å². The molecular weight excluding hydrogens is 476 g/mol. The second kappa shape index (κ2) is 11.4. The van der Waals surface area contributed by atoms with Crippen LogP contribution in [-0.4, -0.2) is 65.6 Å². The van der Waals surface area contributed by atoms with Crippen molar-refractivity contribution in [3.05, 3.63) is 42.0 Å². The Morgan fingerprint density at radius 2 is 1.60 bits per heavy atom. The molecule has 3 rings (SSSR count). The van der Waals surface area contributed by atoms with Gasteiger partial charge >= 0.3 is 5.97 Å². The van der Waals surface area contributed by atoms with Crippen molar-refractivity contribution in [3.8, 4) is 17.2 Å². The third-order valence-corrected chi connectivity index (χ3v) is 7.70. The minimum Gasteiger partial charge on any atom is -0.494 e. The van der Waals surface area contributed by atoms with Crippen LogP contribution in [0.25, 0.3) is 0 Å². The molecule has 11 heteroatoms. The van der Waals surface area contributed by atoms with E-state index in [1.54, 1.807) is 12.1 Å². The highest BCUT2D eigenvalue weighted by atomic mass is 32.2. The first-order valence-corrected chi connectivity index (χ1v) is 12.6. The van der Waals surface area contributed by atoms with Gasteiger partial charge in [-0.3, -0.25) is 4.79 Å². The second-order valence-electron chi connectivity index (χ2n) is 7.82. The molecule has 0 aliphatic carbocycles. The number of nitrogens with zero attached hydrogens (tertiary/aromatic N) is 1. The maximum atomic E-state index is 13.0. The van der Waals surface area contributed by atoms with E-state index in [9.17, 15) is 18.0 Å². The van der Waals surface area contributed by atoms with Gasteiger partial charge in [-0.15, -0.1) is 0 Å².